The van der Waals surface area contributed by atoms with Crippen molar-refractivity contribution in [3.8, 4) is 5.75 Å². The number of carbonyl (C=O) groups is 2. The van der Waals surface area contributed by atoms with E-state index in [0.717, 1.165) is 19.6 Å². The van der Waals surface area contributed by atoms with Gasteiger partial charge in [-0.05, 0) is 63.7 Å². The van der Waals surface area contributed by atoms with Crippen LogP contribution in [0, 0.1) is 12.8 Å². The van der Waals surface area contributed by atoms with Gasteiger partial charge < -0.3 is 20.3 Å². The highest BCUT2D eigenvalue weighted by atomic mass is 32.2. The van der Waals surface area contributed by atoms with Crippen LogP contribution in [0.15, 0.2) is 17.0 Å². The fraction of sp³-hybridized carbons (Fsp3) is 0.652. The van der Waals surface area contributed by atoms with Gasteiger partial charge in [0.25, 0.3) is 5.91 Å². The molecule has 3 aliphatic rings. The van der Waals surface area contributed by atoms with E-state index in [4.69, 9.17) is 4.74 Å². The molecule has 0 bridgehead atoms. The molecule has 0 saturated carbocycles. The highest BCUT2D eigenvalue weighted by Gasteiger charge is 2.35. The zero-order valence-electron chi connectivity index (χ0n) is 19.4. The summed E-state index contributed by atoms with van der Waals surface area (Å²) in [6.45, 7) is 7.69. The summed E-state index contributed by atoms with van der Waals surface area (Å²) in [6.07, 6.45) is 3.58. The Morgan fingerprint density at radius 1 is 1.21 bits per heavy atom. The van der Waals surface area contributed by atoms with E-state index >= 15 is 0 Å². The Balaban J connectivity index is 1.44. The van der Waals surface area contributed by atoms with Gasteiger partial charge in [0.1, 0.15) is 5.75 Å². The first-order chi connectivity index (χ1) is 15.8. The number of nitrogens with one attached hydrogen (secondary N) is 2. The SMILES string of the molecule is CC[C@@H]1Oc2cc(S(=O)(=O)N3CCC[C@H](C(=O)NCCN4CCCC4)C3)c(C)cc2NC1=O. The normalized spacial score (nSPS) is 24.1. The molecule has 2 fully saturated rings. The third-order valence-electron chi connectivity index (χ3n) is 6.77. The molecule has 2 amide bonds. The van der Waals surface area contributed by atoms with Crippen molar-refractivity contribution in [2.45, 2.75) is 57.0 Å². The average Bonchev–Trinajstić information content (AvgIpc) is 3.31. The Kier molecular flexibility index (Phi) is 7.25. The van der Waals surface area contributed by atoms with Crippen LogP contribution in [0.25, 0.3) is 0 Å². The number of fused-ring (bicyclic) bond motifs is 1. The number of amides is 2. The minimum absolute atomic E-state index is 0.0758. The van der Waals surface area contributed by atoms with Gasteiger partial charge in [-0.3, -0.25) is 9.59 Å². The van der Waals surface area contributed by atoms with Crippen LogP contribution in [-0.2, 0) is 19.6 Å². The number of sulfonamides is 1. The Morgan fingerprint density at radius 3 is 2.70 bits per heavy atom. The van der Waals surface area contributed by atoms with Crippen LogP contribution >= 0.6 is 0 Å². The maximum atomic E-state index is 13.5. The summed E-state index contributed by atoms with van der Waals surface area (Å²) in [5.74, 6) is -0.299. The lowest BCUT2D eigenvalue weighted by atomic mass is 9.99. The van der Waals surface area contributed by atoms with Crippen molar-refractivity contribution in [2.75, 3.05) is 44.6 Å². The number of likely N-dealkylation sites (tertiary alicyclic amines) is 1. The zero-order valence-corrected chi connectivity index (χ0v) is 20.2. The molecular weight excluding hydrogens is 444 g/mol. The Hall–Kier alpha value is -2.17. The fourth-order valence-electron chi connectivity index (χ4n) is 4.83. The molecule has 1 aromatic carbocycles. The molecule has 2 atom stereocenters. The number of ether oxygens (including phenoxy) is 1. The Bertz CT molecular complexity index is 1010. The Morgan fingerprint density at radius 2 is 1.97 bits per heavy atom. The van der Waals surface area contributed by atoms with Gasteiger partial charge in [-0.1, -0.05) is 6.92 Å². The van der Waals surface area contributed by atoms with Gasteiger partial charge in [0, 0.05) is 32.2 Å². The smallest absolute Gasteiger partial charge is 0.265 e. The summed E-state index contributed by atoms with van der Waals surface area (Å²) in [5.41, 5.74) is 1.01. The first kappa shape index (κ1) is 24.0. The molecule has 4 rings (SSSR count). The van der Waals surface area contributed by atoms with E-state index in [1.807, 2.05) is 6.92 Å². The number of hydrogen-bond acceptors (Lipinski definition) is 6. The highest BCUT2D eigenvalue weighted by molar-refractivity contribution is 7.89. The van der Waals surface area contributed by atoms with Crippen LogP contribution in [0.5, 0.6) is 5.75 Å². The number of carbonyl (C=O) groups excluding carboxylic acids is 2. The number of nitrogens with zero attached hydrogens (tertiary/aromatic N) is 2. The summed E-state index contributed by atoms with van der Waals surface area (Å²) in [6, 6.07) is 3.14. The first-order valence-corrected chi connectivity index (χ1v) is 13.4. The number of benzene rings is 1. The predicted molar refractivity (Wildman–Crippen MR) is 125 cm³/mol. The van der Waals surface area contributed by atoms with Crippen molar-refractivity contribution in [1.82, 2.24) is 14.5 Å². The maximum Gasteiger partial charge on any atom is 0.265 e. The second kappa shape index (κ2) is 9.99. The lowest BCUT2D eigenvalue weighted by Gasteiger charge is -2.32. The molecule has 3 heterocycles. The molecule has 9 nitrogen and oxygen atoms in total. The molecule has 0 aromatic heterocycles. The predicted octanol–water partition coefficient (Wildman–Crippen LogP) is 1.72. The van der Waals surface area contributed by atoms with Gasteiger partial charge in [0.05, 0.1) is 16.5 Å². The lowest BCUT2D eigenvalue weighted by molar-refractivity contribution is -0.126. The van der Waals surface area contributed by atoms with E-state index in [1.165, 1.54) is 23.2 Å². The van der Waals surface area contributed by atoms with Crippen LogP contribution < -0.4 is 15.4 Å². The topological polar surface area (TPSA) is 108 Å². The monoisotopic (exact) mass is 478 g/mol. The molecule has 0 radical (unpaired) electrons. The molecule has 182 valence electrons. The Labute approximate surface area is 195 Å². The number of anilines is 1. The van der Waals surface area contributed by atoms with Crippen LogP contribution in [0.2, 0.25) is 0 Å². The van der Waals surface area contributed by atoms with Crippen molar-refractivity contribution < 1.29 is 22.7 Å². The zero-order chi connectivity index (χ0) is 23.6. The summed E-state index contributed by atoms with van der Waals surface area (Å²) in [7, 11) is -3.81. The number of piperidine rings is 1. The lowest BCUT2D eigenvalue weighted by Crippen LogP contribution is -2.46. The second-order valence-corrected chi connectivity index (χ2v) is 11.1. The van der Waals surface area contributed by atoms with Crippen molar-refractivity contribution in [1.29, 1.82) is 0 Å². The maximum absolute atomic E-state index is 13.5. The minimum Gasteiger partial charge on any atom is -0.478 e. The molecule has 1 aromatic rings. The van der Waals surface area contributed by atoms with Gasteiger partial charge in [0.15, 0.2) is 6.10 Å². The molecule has 0 aliphatic carbocycles. The van der Waals surface area contributed by atoms with Crippen LogP contribution in [0.4, 0.5) is 5.69 Å². The summed E-state index contributed by atoms with van der Waals surface area (Å²) in [4.78, 5) is 27.3. The average molecular weight is 479 g/mol. The van der Waals surface area contributed by atoms with E-state index in [9.17, 15) is 18.0 Å². The van der Waals surface area contributed by atoms with Gasteiger partial charge in [-0.25, -0.2) is 8.42 Å². The standard InChI is InChI=1S/C23H34N4O5S/c1-3-19-23(29)25-18-13-16(2)21(14-20(18)32-19)33(30,31)27-11-6-7-17(15-27)22(28)24-8-12-26-9-4-5-10-26/h13-14,17,19H,3-12,15H2,1-2H3,(H,24,28)(H,25,29)/t17-,19-/m0/s1. The van der Waals surface area contributed by atoms with E-state index in [-0.39, 0.29) is 29.2 Å². The highest BCUT2D eigenvalue weighted by Crippen LogP contribution is 2.36. The second-order valence-electron chi connectivity index (χ2n) is 9.16. The molecular formula is C23H34N4O5S. The molecule has 10 heteroatoms. The van der Waals surface area contributed by atoms with Crippen LogP contribution in [0.1, 0.15) is 44.6 Å². The van der Waals surface area contributed by atoms with Crippen molar-refractivity contribution in [3.63, 3.8) is 0 Å². The third-order valence-corrected chi connectivity index (χ3v) is 8.77. The van der Waals surface area contributed by atoms with Gasteiger partial charge >= 0.3 is 0 Å². The third kappa shape index (κ3) is 5.17. The number of aryl methyl sites for hydroxylation is 1. The fourth-order valence-corrected chi connectivity index (χ4v) is 6.58. The van der Waals surface area contributed by atoms with E-state index < -0.39 is 16.1 Å². The largest absolute Gasteiger partial charge is 0.478 e. The van der Waals surface area contributed by atoms with Crippen LogP contribution in [-0.4, -0.2) is 74.8 Å². The molecule has 33 heavy (non-hydrogen) atoms. The van der Waals surface area contributed by atoms with Gasteiger partial charge in [-0.15, -0.1) is 0 Å². The van der Waals surface area contributed by atoms with E-state index in [1.54, 1.807) is 13.0 Å². The van der Waals surface area contributed by atoms with Gasteiger partial charge in [-0.2, -0.15) is 4.31 Å². The summed E-state index contributed by atoms with van der Waals surface area (Å²) >= 11 is 0. The number of hydrogen-bond donors (Lipinski definition) is 2. The number of rotatable bonds is 7. The quantitative estimate of drug-likeness (QED) is 0.618. The summed E-state index contributed by atoms with van der Waals surface area (Å²) < 4.78 is 34.2. The molecule has 0 unspecified atom stereocenters. The van der Waals surface area contributed by atoms with Crippen molar-refractivity contribution in [2.24, 2.45) is 5.92 Å². The van der Waals surface area contributed by atoms with Crippen molar-refractivity contribution in [3.05, 3.63) is 17.7 Å². The molecule has 0 spiro atoms. The van der Waals surface area contributed by atoms with Crippen LogP contribution in [0.3, 0.4) is 0 Å². The van der Waals surface area contributed by atoms with Gasteiger partial charge in [0.2, 0.25) is 15.9 Å². The molecule has 3 aliphatic heterocycles. The molecule has 2 saturated heterocycles. The van der Waals surface area contributed by atoms with E-state index in [2.05, 4.69) is 15.5 Å². The molecule has 2 N–H and O–H groups in total. The minimum atomic E-state index is -3.81. The first-order valence-electron chi connectivity index (χ1n) is 11.9. The summed E-state index contributed by atoms with van der Waals surface area (Å²) in [5, 5.41) is 5.79. The van der Waals surface area contributed by atoms with Crippen molar-refractivity contribution >= 4 is 27.5 Å². The van der Waals surface area contributed by atoms with E-state index in [0.29, 0.717) is 49.4 Å².